The van der Waals surface area contributed by atoms with Crippen LogP contribution in [0.15, 0.2) is 55.4 Å². The predicted octanol–water partition coefficient (Wildman–Crippen LogP) is 3.77. The summed E-state index contributed by atoms with van der Waals surface area (Å²) in [5.41, 5.74) is 3.22. The monoisotopic (exact) mass is 416 g/mol. The van der Waals surface area contributed by atoms with Gasteiger partial charge in [-0.15, -0.1) is 0 Å². The van der Waals surface area contributed by atoms with Crippen LogP contribution in [0.3, 0.4) is 0 Å². The topological polar surface area (TPSA) is 84.4 Å². The van der Waals surface area contributed by atoms with Gasteiger partial charge < -0.3 is 15.0 Å². The molecular weight excluding hydrogens is 392 g/mol. The summed E-state index contributed by atoms with van der Waals surface area (Å²) in [5.74, 6) is 1.77. The zero-order chi connectivity index (χ0) is 22.0. The normalized spacial score (nSPS) is 13.5. The van der Waals surface area contributed by atoms with E-state index in [0.29, 0.717) is 30.4 Å². The number of hydrogen-bond donors (Lipinski definition) is 1. The van der Waals surface area contributed by atoms with Gasteiger partial charge in [-0.1, -0.05) is 18.7 Å². The molecule has 4 rings (SSSR count). The van der Waals surface area contributed by atoms with Crippen LogP contribution in [-0.4, -0.2) is 46.8 Å². The lowest BCUT2D eigenvalue weighted by Gasteiger charge is -2.39. The van der Waals surface area contributed by atoms with Crippen molar-refractivity contribution in [2.75, 3.05) is 25.5 Å². The van der Waals surface area contributed by atoms with Crippen LogP contribution in [0.2, 0.25) is 0 Å². The molecule has 158 valence electrons. The Kier molecular flexibility index (Phi) is 5.66. The van der Waals surface area contributed by atoms with Gasteiger partial charge in [-0.2, -0.15) is 0 Å². The molecule has 1 N–H and O–H groups in total. The Hall–Kier alpha value is -3.74. The summed E-state index contributed by atoms with van der Waals surface area (Å²) in [6.45, 7) is 6.50. The molecule has 0 bridgehead atoms. The van der Waals surface area contributed by atoms with Crippen molar-refractivity contribution in [1.29, 1.82) is 0 Å². The zero-order valence-corrected chi connectivity index (χ0v) is 17.6. The lowest BCUT2D eigenvalue weighted by Crippen LogP contribution is -2.50. The molecule has 2 aromatic carbocycles. The van der Waals surface area contributed by atoms with Crippen molar-refractivity contribution in [3.63, 3.8) is 0 Å². The number of benzene rings is 2. The van der Waals surface area contributed by atoms with Crippen LogP contribution in [0.4, 0.5) is 11.5 Å². The van der Waals surface area contributed by atoms with E-state index in [1.165, 1.54) is 12.4 Å². The molecule has 0 spiro atoms. The molecule has 1 aliphatic heterocycles. The number of Topliss-reactive ketones (excluding diaryl/α,β-unsaturated/α-hetero) is 1. The van der Waals surface area contributed by atoms with Crippen LogP contribution >= 0.6 is 0 Å². The number of anilines is 2. The fraction of sp³-hybridized carbons (Fsp3) is 0.250. The van der Waals surface area contributed by atoms with Crippen molar-refractivity contribution in [2.24, 2.45) is 5.92 Å². The first-order valence-electron chi connectivity index (χ1n) is 10.1. The van der Waals surface area contributed by atoms with Gasteiger partial charge in [0, 0.05) is 35.8 Å². The van der Waals surface area contributed by atoms with Crippen LogP contribution in [-0.2, 0) is 11.2 Å². The molecule has 0 aliphatic carbocycles. The second kappa shape index (κ2) is 8.55. The summed E-state index contributed by atoms with van der Waals surface area (Å²) in [6, 6.07) is 11.3. The molecule has 0 atom stereocenters. The summed E-state index contributed by atoms with van der Waals surface area (Å²) >= 11 is 0. The summed E-state index contributed by atoms with van der Waals surface area (Å²) < 4.78 is 5.60. The first-order valence-corrected chi connectivity index (χ1v) is 10.1. The van der Waals surface area contributed by atoms with E-state index in [1.54, 1.807) is 31.1 Å². The van der Waals surface area contributed by atoms with Gasteiger partial charge in [0.25, 0.3) is 0 Å². The molecule has 1 fully saturated rings. The number of hydrogen-bond acceptors (Lipinski definition) is 6. The molecule has 1 aliphatic rings. The standard InChI is InChI=1S/C24H24N4O3/c1-4-23(30)28-12-16(13-28)8-18-10-20-21(11-22(18)31-3)25-14-26-24(20)27-19-7-5-6-17(9-19)15(2)29/h4-7,9-11,14,16H,1,8,12-13H2,2-3H3,(H,25,26,27). The van der Waals surface area contributed by atoms with E-state index in [-0.39, 0.29) is 11.7 Å². The highest BCUT2D eigenvalue weighted by atomic mass is 16.5. The van der Waals surface area contributed by atoms with Crippen molar-refractivity contribution in [1.82, 2.24) is 14.9 Å². The summed E-state index contributed by atoms with van der Waals surface area (Å²) in [7, 11) is 1.65. The van der Waals surface area contributed by atoms with E-state index in [0.717, 1.165) is 34.3 Å². The molecular formula is C24H24N4O3. The molecule has 31 heavy (non-hydrogen) atoms. The van der Waals surface area contributed by atoms with Crippen LogP contribution in [0.1, 0.15) is 22.8 Å². The molecule has 0 unspecified atom stereocenters. The number of amides is 1. The number of nitrogens with zero attached hydrogens (tertiary/aromatic N) is 3. The molecule has 0 radical (unpaired) electrons. The molecule has 7 nitrogen and oxygen atoms in total. The number of fused-ring (bicyclic) bond motifs is 1. The fourth-order valence-corrected chi connectivity index (χ4v) is 3.85. The summed E-state index contributed by atoms with van der Waals surface area (Å²) in [5, 5.41) is 4.18. The Morgan fingerprint density at radius 1 is 1.26 bits per heavy atom. The van der Waals surface area contributed by atoms with Gasteiger partial charge in [0.1, 0.15) is 17.9 Å². The quantitative estimate of drug-likeness (QED) is 0.466. The molecule has 1 amide bonds. The van der Waals surface area contributed by atoms with E-state index in [4.69, 9.17) is 4.74 Å². The second-order valence-corrected chi connectivity index (χ2v) is 7.68. The largest absolute Gasteiger partial charge is 0.496 e. The van der Waals surface area contributed by atoms with Crippen LogP contribution in [0.25, 0.3) is 10.9 Å². The van der Waals surface area contributed by atoms with Gasteiger partial charge in [-0.25, -0.2) is 9.97 Å². The van der Waals surface area contributed by atoms with Gasteiger partial charge in [0.05, 0.1) is 12.6 Å². The maximum Gasteiger partial charge on any atom is 0.245 e. The Balaban J connectivity index is 1.63. The number of carbonyl (C=O) groups excluding carboxylic acids is 2. The van der Waals surface area contributed by atoms with Gasteiger partial charge in [-0.05, 0) is 49.1 Å². The van der Waals surface area contributed by atoms with Crippen molar-refractivity contribution >= 4 is 34.1 Å². The number of nitrogens with one attached hydrogen (secondary N) is 1. The summed E-state index contributed by atoms with van der Waals surface area (Å²) in [4.78, 5) is 34.0. The SMILES string of the molecule is C=CC(=O)N1CC(Cc2cc3c(Nc4cccc(C(C)=O)c4)ncnc3cc2OC)C1. The number of aromatic nitrogens is 2. The highest BCUT2D eigenvalue weighted by Crippen LogP contribution is 2.33. The minimum Gasteiger partial charge on any atom is -0.496 e. The number of rotatable bonds is 7. The van der Waals surface area contributed by atoms with Crippen LogP contribution in [0.5, 0.6) is 5.75 Å². The van der Waals surface area contributed by atoms with Gasteiger partial charge >= 0.3 is 0 Å². The molecule has 1 saturated heterocycles. The average Bonchev–Trinajstić information content (AvgIpc) is 2.75. The average molecular weight is 416 g/mol. The molecule has 3 aromatic rings. The summed E-state index contributed by atoms with van der Waals surface area (Å²) in [6.07, 6.45) is 3.64. The first-order chi connectivity index (χ1) is 15.0. The van der Waals surface area contributed by atoms with Gasteiger partial charge in [0.15, 0.2) is 5.78 Å². The van der Waals surface area contributed by atoms with E-state index < -0.39 is 0 Å². The third-order valence-electron chi connectivity index (χ3n) is 5.52. The second-order valence-electron chi connectivity index (χ2n) is 7.68. The Morgan fingerprint density at radius 3 is 2.77 bits per heavy atom. The Bertz CT molecular complexity index is 1170. The van der Waals surface area contributed by atoms with Crippen molar-refractivity contribution in [3.05, 3.63) is 66.5 Å². The highest BCUT2D eigenvalue weighted by Gasteiger charge is 2.30. The zero-order valence-electron chi connectivity index (χ0n) is 17.6. The molecule has 7 heteroatoms. The third kappa shape index (κ3) is 4.26. The van der Waals surface area contributed by atoms with Gasteiger partial charge in [0.2, 0.25) is 5.91 Å². The van der Waals surface area contributed by atoms with Crippen LogP contribution in [0, 0.1) is 5.92 Å². The number of likely N-dealkylation sites (tertiary alicyclic amines) is 1. The van der Waals surface area contributed by atoms with Gasteiger partial charge in [-0.3, -0.25) is 9.59 Å². The van der Waals surface area contributed by atoms with Crippen molar-refractivity contribution in [2.45, 2.75) is 13.3 Å². The maximum absolute atomic E-state index is 11.7. The molecule has 1 aromatic heterocycles. The Labute approximate surface area is 180 Å². The van der Waals surface area contributed by atoms with E-state index in [1.807, 2.05) is 24.3 Å². The molecule has 0 saturated carbocycles. The lowest BCUT2D eigenvalue weighted by molar-refractivity contribution is -0.132. The van der Waals surface area contributed by atoms with Crippen molar-refractivity contribution in [3.8, 4) is 5.75 Å². The predicted molar refractivity (Wildman–Crippen MR) is 120 cm³/mol. The molecule has 2 heterocycles. The maximum atomic E-state index is 11.7. The lowest BCUT2D eigenvalue weighted by atomic mass is 9.91. The number of carbonyl (C=O) groups is 2. The van der Waals surface area contributed by atoms with Crippen molar-refractivity contribution < 1.29 is 14.3 Å². The first kappa shape index (κ1) is 20.5. The fourth-order valence-electron chi connectivity index (χ4n) is 3.85. The van der Waals surface area contributed by atoms with E-state index in [9.17, 15) is 9.59 Å². The smallest absolute Gasteiger partial charge is 0.245 e. The number of ether oxygens (including phenoxy) is 1. The Morgan fingerprint density at radius 2 is 2.06 bits per heavy atom. The third-order valence-corrected chi connectivity index (χ3v) is 5.52. The minimum absolute atomic E-state index is 0.00713. The van der Waals surface area contributed by atoms with Crippen LogP contribution < -0.4 is 10.1 Å². The number of ketones is 1. The number of methoxy groups -OCH3 is 1. The highest BCUT2D eigenvalue weighted by molar-refractivity contribution is 5.96. The van der Waals surface area contributed by atoms with E-state index in [2.05, 4.69) is 21.9 Å². The van der Waals surface area contributed by atoms with E-state index >= 15 is 0 Å². The minimum atomic E-state index is -0.0330.